The third kappa shape index (κ3) is 3.05. The molecule has 0 aliphatic rings. The third-order valence-corrected chi connectivity index (χ3v) is 3.28. The minimum Gasteiger partial charge on any atom is -0.437 e. The number of benzene rings is 1. The summed E-state index contributed by atoms with van der Waals surface area (Å²) < 4.78 is 6.40. The highest BCUT2D eigenvalue weighted by Gasteiger charge is 2.16. The summed E-state index contributed by atoms with van der Waals surface area (Å²) in [4.78, 5) is 15.5. The summed E-state index contributed by atoms with van der Waals surface area (Å²) in [6.45, 7) is 1.76. The summed E-state index contributed by atoms with van der Waals surface area (Å²) in [5, 5.41) is 0.418. The molecule has 2 N–H and O–H groups in total. The molecule has 0 radical (unpaired) electrons. The summed E-state index contributed by atoms with van der Waals surface area (Å²) in [6.07, 6.45) is 1.54. The van der Waals surface area contributed by atoms with E-state index in [4.69, 9.17) is 22.1 Å². The van der Waals surface area contributed by atoms with E-state index in [0.717, 1.165) is 4.47 Å². The molecule has 6 heteroatoms. The largest absolute Gasteiger partial charge is 0.437 e. The topological polar surface area (TPSA) is 65.2 Å². The number of hydrogen-bond acceptors (Lipinski definition) is 3. The zero-order chi connectivity index (χ0) is 14.0. The van der Waals surface area contributed by atoms with Gasteiger partial charge in [-0.3, -0.25) is 4.79 Å². The molecule has 0 atom stereocenters. The average Bonchev–Trinajstić information content (AvgIpc) is 2.33. The van der Waals surface area contributed by atoms with E-state index in [1.807, 2.05) is 0 Å². The molecule has 1 amide bonds. The Kier molecular flexibility index (Phi) is 4.07. The normalized spacial score (nSPS) is 10.3. The molecule has 2 aromatic rings. The molecule has 0 aliphatic heterocycles. The summed E-state index contributed by atoms with van der Waals surface area (Å²) in [6, 6.07) is 6.85. The molecule has 2 rings (SSSR count). The van der Waals surface area contributed by atoms with Crippen molar-refractivity contribution in [3.05, 3.63) is 51.1 Å². The van der Waals surface area contributed by atoms with Crippen molar-refractivity contribution >= 4 is 33.4 Å². The second-order valence-electron chi connectivity index (χ2n) is 3.85. The van der Waals surface area contributed by atoms with Crippen LogP contribution in [0.5, 0.6) is 11.6 Å². The van der Waals surface area contributed by atoms with Gasteiger partial charge in [-0.15, -0.1) is 0 Å². The van der Waals surface area contributed by atoms with Crippen LogP contribution in [-0.4, -0.2) is 10.9 Å². The lowest BCUT2D eigenvalue weighted by atomic mass is 10.1. The molecule has 4 nitrogen and oxygen atoms in total. The molecule has 98 valence electrons. The second-order valence-corrected chi connectivity index (χ2v) is 5.17. The molecule has 1 aromatic heterocycles. The number of rotatable bonds is 3. The van der Waals surface area contributed by atoms with Gasteiger partial charge in [0.15, 0.2) is 0 Å². The molecule has 19 heavy (non-hydrogen) atoms. The van der Waals surface area contributed by atoms with Crippen LogP contribution in [0.4, 0.5) is 0 Å². The van der Waals surface area contributed by atoms with Crippen LogP contribution < -0.4 is 10.5 Å². The molecule has 0 spiro atoms. The van der Waals surface area contributed by atoms with Gasteiger partial charge in [-0.05, 0) is 36.8 Å². The zero-order valence-electron chi connectivity index (χ0n) is 9.98. The summed E-state index contributed by atoms with van der Waals surface area (Å²) >= 11 is 9.35. The first kappa shape index (κ1) is 13.8. The minimum absolute atomic E-state index is 0.146. The van der Waals surface area contributed by atoms with E-state index in [1.165, 1.54) is 0 Å². The van der Waals surface area contributed by atoms with Crippen molar-refractivity contribution in [3.8, 4) is 11.6 Å². The Morgan fingerprint density at radius 2 is 2.16 bits per heavy atom. The molecule has 0 saturated carbocycles. The first-order chi connectivity index (χ1) is 8.99. The minimum atomic E-state index is -0.591. The zero-order valence-corrected chi connectivity index (χ0v) is 12.3. The van der Waals surface area contributed by atoms with Gasteiger partial charge in [-0.2, -0.15) is 0 Å². The summed E-state index contributed by atoms with van der Waals surface area (Å²) in [7, 11) is 0. The molecule has 1 aromatic carbocycles. The Morgan fingerprint density at radius 1 is 1.42 bits per heavy atom. The van der Waals surface area contributed by atoms with Crippen molar-refractivity contribution in [1.29, 1.82) is 0 Å². The maximum absolute atomic E-state index is 11.4. The van der Waals surface area contributed by atoms with Crippen molar-refractivity contribution in [2.24, 2.45) is 5.73 Å². The number of nitrogens with two attached hydrogens (primary N) is 1. The number of primary amides is 1. The standard InChI is InChI=1S/C13H10BrClN2O2/c1-7-4-5-17-13(11(7)12(16)18)19-10-6-8(14)2-3-9(10)15/h2-6H,1H3,(H2,16,18). The van der Waals surface area contributed by atoms with Gasteiger partial charge >= 0.3 is 0 Å². The Morgan fingerprint density at radius 3 is 2.84 bits per heavy atom. The molecule has 0 aliphatic carbocycles. The second kappa shape index (κ2) is 5.59. The van der Waals surface area contributed by atoms with E-state index in [0.29, 0.717) is 16.3 Å². The van der Waals surface area contributed by atoms with Crippen molar-refractivity contribution in [2.45, 2.75) is 6.92 Å². The molecule has 0 fully saturated rings. The maximum atomic E-state index is 11.4. The van der Waals surface area contributed by atoms with Gasteiger partial charge in [0.1, 0.15) is 11.3 Å². The Bertz CT molecular complexity index is 647. The van der Waals surface area contributed by atoms with Crippen LogP contribution in [0.1, 0.15) is 15.9 Å². The van der Waals surface area contributed by atoms with Crippen LogP contribution in [0, 0.1) is 6.92 Å². The number of carbonyl (C=O) groups is 1. The first-order valence-corrected chi connectivity index (χ1v) is 6.54. The number of nitrogens with zero attached hydrogens (tertiary/aromatic N) is 1. The monoisotopic (exact) mass is 340 g/mol. The van der Waals surface area contributed by atoms with E-state index in [-0.39, 0.29) is 11.4 Å². The van der Waals surface area contributed by atoms with E-state index in [9.17, 15) is 4.79 Å². The predicted octanol–water partition coefficient (Wildman–Crippen LogP) is 3.70. The Balaban J connectivity index is 2.46. The molecule has 0 saturated heterocycles. The number of ether oxygens (including phenoxy) is 1. The molecular weight excluding hydrogens is 332 g/mol. The highest BCUT2D eigenvalue weighted by atomic mass is 79.9. The third-order valence-electron chi connectivity index (χ3n) is 2.47. The number of aryl methyl sites for hydroxylation is 1. The Labute approximate surface area is 123 Å². The lowest BCUT2D eigenvalue weighted by Gasteiger charge is -2.11. The highest BCUT2D eigenvalue weighted by molar-refractivity contribution is 9.10. The summed E-state index contributed by atoms with van der Waals surface area (Å²) in [5.74, 6) is -0.0455. The van der Waals surface area contributed by atoms with Gasteiger partial charge in [0.2, 0.25) is 5.88 Å². The van der Waals surface area contributed by atoms with E-state index < -0.39 is 5.91 Å². The van der Waals surface area contributed by atoms with Crippen molar-refractivity contribution in [2.75, 3.05) is 0 Å². The lowest BCUT2D eigenvalue weighted by Crippen LogP contribution is -2.14. The Hall–Kier alpha value is -1.59. The van der Waals surface area contributed by atoms with E-state index in [1.54, 1.807) is 37.4 Å². The van der Waals surface area contributed by atoms with Crippen LogP contribution in [0.25, 0.3) is 0 Å². The molecule has 0 unspecified atom stereocenters. The maximum Gasteiger partial charge on any atom is 0.254 e. The number of pyridine rings is 1. The molecule has 1 heterocycles. The molecular formula is C13H10BrClN2O2. The van der Waals surface area contributed by atoms with Gasteiger partial charge in [-0.25, -0.2) is 4.98 Å². The predicted molar refractivity (Wildman–Crippen MR) is 76.7 cm³/mol. The van der Waals surface area contributed by atoms with Crippen LogP contribution >= 0.6 is 27.5 Å². The van der Waals surface area contributed by atoms with E-state index in [2.05, 4.69) is 20.9 Å². The van der Waals surface area contributed by atoms with Crippen molar-refractivity contribution < 1.29 is 9.53 Å². The first-order valence-electron chi connectivity index (χ1n) is 5.37. The van der Waals surface area contributed by atoms with Gasteiger partial charge in [0.05, 0.1) is 5.02 Å². The van der Waals surface area contributed by atoms with Crippen LogP contribution in [0.2, 0.25) is 5.02 Å². The van der Waals surface area contributed by atoms with Gasteiger partial charge in [-0.1, -0.05) is 27.5 Å². The SMILES string of the molecule is Cc1ccnc(Oc2cc(Br)ccc2Cl)c1C(N)=O. The van der Waals surface area contributed by atoms with Crippen molar-refractivity contribution in [1.82, 2.24) is 4.98 Å². The molecule has 0 bridgehead atoms. The number of carbonyl (C=O) groups excluding carboxylic acids is 1. The van der Waals surface area contributed by atoms with Crippen LogP contribution in [0.3, 0.4) is 0 Å². The van der Waals surface area contributed by atoms with Crippen molar-refractivity contribution in [3.63, 3.8) is 0 Å². The van der Waals surface area contributed by atoms with Crippen LogP contribution in [0.15, 0.2) is 34.9 Å². The number of aromatic nitrogens is 1. The highest BCUT2D eigenvalue weighted by Crippen LogP contribution is 2.33. The lowest BCUT2D eigenvalue weighted by molar-refractivity contribution is 0.0997. The number of hydrogen-bond donors (Lipinski definition) is 1. The van der Waals surface area contributed by atoms with Crippen LogP contribution in [-0.2, 0) is 0 Å². The fraction of sp³-hybridized carbons (Fsp3) is 0.0769. The number of halogens is 2. The van der Waals surface area contributed by atoms with Gasteiger partial charge in [0, 0.05) is 10.7 Å². The quantitative estimate of drug-likeness (QED) is 0.926. The summed E-state index contributed by atoms with van der Waals surface area (Å²) in [5.41, 5.74) is 6.28. The number of amides is 1. The van der Waals surface area contributed by atoms with Gasteiger partial charge in [0.25, 0.3) is 5.91 Å². The smallest absolute Gasteiger partial charge is 0.254 e. The van der Waals surface area contributed by atoms with E-state index >= 15 is 0 Å². The fourth-order valence-corrected chi connectivity index (χ4v) is 2.07. The van der Waals surface area contributed by atoms with Gasteiger partial charge < -0.3 is 10.5 Å². The average molecular weight is 342 g/mol. The fourth-order valence-electron chi connectivity index (χ4n) is 1.57.